The minimum atomic E-state index is -0.754. The van der Waals surface area contributed by atoms with Crippen molar-refractivity contribution >= 4 is 27.8 Å². The van der Waals surface area contributed by atoms with E-state index in [0.717, 1.165) is 16.5 Å². The standard InChI is InChI=1S/C15H18BrNO3/c16-12-3-1-2-10(8-12)4-7-14(18)17-13-6-5-11(9-13)15(19)20/h1-3,8,11,13H,4-7,9H2,(H,17,18)(H,19,20). The SMILES string of the molecule is O=C(CCc1cccc(Br)c1)NC1CCC(C(=O)O)C1. The topological polar surface area (TPSA) is 66.4 Å². The highest BCUT2D eigenvalue weighted by Crippen LogP contribution is 2.25. The van der Waals surface area contributed by atoms with E-state index in [4.69, 9.17) is 5.11 Å². The number of carboxylic acid groups (broad SMARTS) is 1. The predicted octanol–water partition coefficient (Wildman–Crippen LogP) is 2.75. The van der Waals surface area contributed by atoms with Crippen molar-refractivity contribution in [1.82, 2.24) is 5.32 Å². The fraction of sp³-hybridized carbons (Fsp3) is 0.467. The number of carbonyl (C=O) groups excluding carboxylic acids is 1. The van der Waals surface area contributed by atoms with Gasteiger partial charge in [-0.25, -0.2) is 0 Å². The van der Waals surface area contributed by atoms with Crippen molar-refractivity contribution in [3.63, 3.8) is 0 Å². The quantitative estimate of drug-likeness (QED) is 0.866. The number of amides is 1. The first-order valence-electron chi connectivity index (χ1n) is 6.81. The Balaban J connectivity index is 1.75. The summed E-state index contributed by atoms with van der Waals surface area (Å²) in [6.45, 7) is 0. The Kier molecular flexibility index (Phi) is 5.17. The summed E-state index contributed by atoms with van der Waals surface area (Å²) in [6, 6.07) is 7.92. The Hall–Kier alpha value is -1.36. The van der Waals surface area contributed by atoms with Gasteiger partial charge in [0.05, 0.1) is 5.92 Å². The van der Waals surface area contributed by atoms with Gasteiger partial charge in [-0.3, -0.25) is 9.59 Å². The van der Waals surface area contributed by atoms with E-state index in [0.29, 0.717) is 25.7 Å². The second-order valence-corrected chi connectivity index (χ2v) is 6.16. The summed E-state index contributed by atoms with van der Waals surface area (Å²) in [7, 11) is 0. The summed E-state index contributed by atoms with van der Waals surface area (Å²) in [5.74, 6) is -1.05. The van der Waals surface area contributed by atoms with Crippen LogP contribution in [0.2, 0.25) is 0 Å². The number of hydrogen-bond acceptors (Lipinski definition) is 2. The van der Waals surface area contributed by atoms with Gasteiger partial charge in [0.15, 0.2) is 0 Å². The fourth-order valence-electron chi connectivity index (χ4n) is 2.59. The highest BCUT2D eigenvalue weighted by molar-refractivity contribution is 9.10. The predicted molar refractivity (Wildman–Crippen MR) is 79.4 cm³/mol. The van der Waals surface area contributed by atoms with Gasteiger partial charge in [-0.1, -0.05) is 28.1 Å². The van der Waals surface area contributed by atoms with E-state index in [-0.39, 0.29) is 17.9 Å². The molecule has 2 N–H and O–H groups in total. The molecule has 0 aliphatic heterocycles. The summed E-state index contributed by atoms with van der Waals surface area (Å²) in [6.07, 6.45) is 3.11. The molecule has 1 aromatic carbocycles. The molecular weight excluding hydrogens is 322 g/mol. The average Bonchev–Trinajstić information content (AvgIpc) is 2.85. The van der Waals surface area contributed by atoms with Crippen LogP contribution < -0.4 is 5.32 Å². The maximum absolute atomic E-state index is 11.9. The van der Waals surface area contributed by atoms with Gasteiger partial charge in [-0.15, -0.1) is 0 Å². The summed E-state index contributed by atoms with van der Waals surface area (Å²) < 4.78 is 1.01. The smallest absolute Gasteiger partial charge is 0.306 e. The molecular formula is C15H18BrNO3. The van der Waals surface area contributed by atoms with Gasteiger partial charge in [-0.2, -0.15) is 0 Å². The third kappa shape index (κ3) is 4.34. The van der Waals surface area contributed by atoms with Gasteiger partial charge in [0, 0.05) is 16.9 Å². The lowest BCUT2D eigenvalue weighted by molar-refractivity contribution is -0.141. The third-order valence-electron chi connectivity index (χ3n) is 3.68. The molecule has 1 aromatic rings. The lowest BCUT2D eigenvalue weighted by atomic mass is 10.1. The number of halogens is 1. The molecule has 0 saturated heterocycles. The van der Waals surface area contributed by atoms with Crippen LogP contribution in [-0.4, -0.2) is 23.0 Å². The van der Waals surface area contributed by atoms with E-state index >= 15 is 0 Å². The van der Waals surface area contributed by atoms with E-state index in [9.17, 15) is 9.59 Å². The zero-order valence-electron chi connectivity index (χ0n) is 11.1. The highest BCUT2D eigenvalue weighted by atomic mass is 79.9. The number of nitrogens with one attached hydrogen (secondary N) is 1. The Morgan fingerprint density at radius 2 is 2.15 bits per heavy atom. The summed E-state index contributed by atoms with van der Waals surface area (Å²) in [5.41, 5.74) is 1.12. The molecule has 1 saturated carbocycles. The first-order chi connectivity index (χ1) is 9.54. The molecule has 0 aromatic heterocycles. The van der Waals surface area contributed by atoms with E-state index < -0.39 is 5.97 Å². The van der Waals surface area contributed by atoms with Gasteiger partial charge < -0.3 is 10.4 Å². The maximum Gasteiger partial charge on any atom is 0.306 e. The van der Waals surface area contributed by atoms with Crippen molar-refractivity contribution in [2.24, 2.45) is 5.92 Å². The number of rotatable bonds is 5. The van der Waals surface area contributed by atoms with E-state index in [1.165, 1.54) is 0 Å². The van der Waals surface area contributed by atoms with Crippen LogP contribution in [0.5, 0.6) is 0 Å². The molecule has 2 atom stereocenters. The second kappa shape index (κ2) is 6.88. The molecule has 2 rings (SSSR count). The molecule has 0 bridgehead atoms. The van der Waals surface area contributed by atoms with Gasteiger partial charge in [-0.05, 0) is 43.4 Å². The number of benzene rings is 1. The monoisotopic (exact) mass is 339 g/mol. The largest absolute Gasteiger partial charge is 0.481 e. The second-order valence-electron chi connectivity index (χ2n) is 5.24. The molecule has 1 aliphatic carbocycles. The maximum atomic E-state index is 11.9. The lowest BCUT2D eigenvalue weighted by Gasteiger charge is -2.12. The first-order valence-corrected chi connectivity index (χ1v) is 7.60. The Morgan fingerprint density at radius 1 is 1.35 bits per heavy atom. The zero-order chi connectivity index (χ0) is 14.5. The van der Waals surface area contributed by atoms with Crippen LogP contribution >= 0.6 is 15.9 Å². The van der Waals surface area contributed by atoms with Crippen molar-refractivity contribution < 1.29 is 14.7 Å². The van der Waals surface area contributed by atoms with Crippen molar-refractivity contribution in [2.75, 3.05) is 0 Å². The van der Waals surface area contributed by atoms with Crippen molar-refractivity contribution in [3.05, 3.63) is 34.3 Å². The Labute approximate surface area is 126 Å². The summed E-state index contributed by atoms with van der Waals surface area (Å²) in [5, 5.41) is 11.9. The normalized spacial score (nSPS) is 21.6. The van der Waals surface area contributed by atoms with Gasteiger partial charge in [0.25, 0.3) is 0 Å². The van der Waals surface area contributed by atoms with Crippen molar-refractivity contribution in [2.45, 2.75) is 38.1 Å². The van der Waals surface area contributed by atoms with Crippen LogP contribution in [0.25, 0.3) is 0 Å². The molecule has 2 unspecified atom stereocenters. The molecule has 4 nitrogen and oxygen atoms in total. The van der Waals surface area contributed by atoms with Crippen LogP contribution in [0.4, 0.5) is 0 Å². The molecule has 1 aliphatic rings. The molecule has 0 spiro atoms. The van der Waals surface area contributed by atoms with Crippen molar-refractivity contribution in [1.29, 1.82) is 0 Å². The first kappa shape index (κ1) is 15.0. The highest BCUT2D eigenvalue weighted by Gasteiger charge is 2.30. The van der Waals surface area contributed by atoms with Crippen molar-refractivity contribution in [3.8, 4) is 0 Å². The van der Waals surface area contributed by atoms with Crippen LogP contribution in [-0.2, 0) is 16.0 Å². The van der Waals surface area contributed by atoms with Gasteiger partial charge in [0.2, 0.25) is 5.91 Å². The van der Waals surface area contributed by atoms with Crippen LogP contribution in [0.1, 0.15) is 31.2 Å². The Bertz CT molecular complexity index is 504. The van der Waals surface area contributed by atoms with Gasteiger partial charge in [0.1, 0.15) is 0 Å². The van der Waals surface area contributed by atoms with Crippen LogP contribution in [0.15, 0.2) is 28.7 Å². The Morgan fingerprint density at radius 3 is 2.80 bits per heavy atom. The number of aliphatic carboxylic acids is 1. The molecule has 0 radical (unpaired) electrons. The third-order valence-corrected chi connectivity index (χ3v) is 4.17. The molecule has 1 fully saturated rings. The molecule has 5 heteroatoms. The van der Waals surface area contributed by atoms with Crippen LogP contribution in [0.3, 0.4) is 0 Å². The zero-order valence-corrected chi connectivity index (χ0v) is 12.7. The van der Waals surface area contributed by atoms with E-state index in [1.54, 1.807) is 0 Å². The molecule has 20 heavy (non-hydrogen) atoms. The number of carbonyl (C=O) groups is 2. The minimum absolute atomic E-state index is 0.000939. The minimum Gasteiger partial charge on any atom is -0.481 e. The number of carboxylic acids is 1. The van der Waals surface area contributed by atoms with Crippen LogP contribution in [0, 0.1) is 5.92 Å². The molecule has 0 heterocycles. The summed E-state index contributed by atoms with van der Waals surface area (Å²) >= 11 is 3.40. The fourth-order valence-corrected chi connectivity index (χ4v) is 3.03. The summed E-state index contributed by atoms with van der Waals surface area (Å²) in [4.78, 5) is 22.7. The molecule has 108 valence electrons. The lowest BCUT2D eigenvalue weighted by Crippen LogP contribution is -2.33. The van der Waals surface area contributed by atoms with E-state index in [1.807, 2.05) is 24.3 Å². The average molecular weight is 340 g/mol. The van der Waals surface area contributed by atoms with E-state index in [2.05, 4.69) is 21.2 Å². The molecule has 1 amide bonds. The van der Waals surface area contributed by atoms with Gasteiger partial charge >= 0.3 is 5.97 Å². The number of hydrogen-bond donors (Lipinski definition) is 2. The number of aryl methyl sites for hydroxylation is 1.